The van der Waals surface area contributed by atoms with Crippen LogP contribution in [0.4, 0.5) is 0 Å². The summed E-state index contributed by atoms with van der Waals surface area (Å²) in [5.74, 6) is 0.960. The lowest BCUT2D eigenvalue weighted by Gasteiger charge is -2.27. The molecule has 0 bridgehead atoms. The van der Waals surface area contributed by atoms with Crippen LogP contribution in [0.25, 0.3) is 0 Å². The van der Waals surface area contributed by atoms with Gasteiger partial charge in [0.1, 0.15) is 11.9 Å². The van der Waals surface area contributed by atoms with Gasteiger partial charge in [0.05, 0.1) is 6.61 Å². The molecule has 0 saturated carbocycles. The van der Waals surface area contributed by atoms with E-state index in [0.717, 1.165) is 38.2 Å². The van der Waals surface area contributed by atoms with Gasteiger partial charge in [-0.25, -0.2) is 0 Å². The number of benzene rings is 1. The first kappa shape index (κ1) is 18.0. The van der Waals surface area contributed by atoms with Crippen molar-refractivity contribution in [2.45, 2.75) is 58.6 Å². The zero-order chi connectivity index (χ0) is 15.5. The van der Waals surface area contributed by atoms with E-state index in [1.54, 1.807) is 7.11 Å². The Morgan fingerprint density at radius 2 is 1.81 bits per heavy atom. The molecule has 0 aliphatic rings. The van der Waals surface area contributed by atoms with Crippen molar-refractivity contribution >= 4 is 0 Å². The maximum absolute atomic E-state index is 6.20. The Morgan fingerprint density at radius 3 is 2.33 bits per heavy atom. The highest BCUT2D eigenvalue weighted by atomic mass is 16.5. The molecular weight excluding hydrogens is 262 g/mol. The molecule has 2 unspecified atom stereocenters. The Balaban J connectivity index is 2.62. The fraction of sp³-hybridized carbons (Fsp3) is 0.667. The zero-order valence-corrected chi connectivity index (χ0v) is 14.0. The molecule has 0 aliphatic carbocycles. The highest BCUT2D eigenvalue weighted by Crippen LogP contribution is 2.18. The van der Waals surface area contributed by atoms with Gasteiger partial charge in [0, 0.05) is 13.2 Å². The second kappa shape index (κ2) is 10.6. The maximum Gasteiger partial charge on any atom is 0.119 e. The topological polar surface area (TPSA) is 30.5 Å². The summed E-state index contributed by atoms with van der Waals surface area (Å²) in [4.78, 5) is 0. The summed E-state index contributed by atoms with van der Waals surface area (Å²) in [6.07, 6.45) is 4.52. The Morgan fingerprint density at radius 1 is 1.10 bits per heavy atom. The quantitative estimate of drug-likeness (QED) is 0.673. The minimum atomic E-state index is 0.231. The van der Waals surface area contributed by atoms with Crippen LogP contribution in [-0.4, -0.2) is 32.4 Å². The van der Waals surface area contributed by atoms with Crippen molar-refractivity contribution in [2.24, 2.45) is 0 Å². The van der Waals surface area contributed by atoms with Gasteiger partial charge in [-0.3, -0.25) is 0 Å². The molecule has 0 heterocycles. The lowest BCUT2D eigenvalue weighted by Crippen LogP contribution is -2.42. The number of rotatable bonds is 11. The second-order valence-corrected chi connectivity index (χ2v) is 5.40. The molecule has 120 valence electrons. The van der Waals surface area contributed by atoms with E-state index in [9.17, 15) is 0 Å². The average Bonchev–Trinajstić information content (AvgIpc) is 2.51. The number of hydrogen-bond acceptors (Lipinski definition) is 3. The van der Waals surface area contributed by atoms with Crippen molar-refractivity contribution < 1.29 is 9.47 Å². The third kappa shape index (κ3) is 6.49. The van der Waals surface area contributed by atoms with E-state index >= 15 is 0 Å². The molecule has 0 fully saturated rings. The Labute approximate surface area is 130 Å². The molecule has 3 nitrogen and oxygen atoms in total. The molecule has 0 radical (unpaired) electrons. The van der Waals surface area contributed by atoms with E-state index in [1.165, 1.54) is 12.0 Å². The molecule has 21 heavy (non-hydrogen) atoms. The first-order chi connectivity index (χ1) is 10.2. The number of likely N-dealkylation sites (N-methyl/N-ethyl adjacent to an activating group) is 1. The van der Waals surface area contributed by atoms with Gasteiger partial charge in [0.25, 0.3) is 0 Å². The van der Waals surface area contributed by atoms with Crippen molar-refractivity contribution in [2.75, 3.05) is 20.3 Å². The summed E-state index contributed by atoms with van der Waals surface area (Å²) in [7, 11) is 1.73. The third-order valence-corrected chi connectivity index (χ3v) is 3.72. The van der Waals surface area contributed by atoms with Crippen LogP contribution in [0, 0.1) is 0 Å². The first-order valence-electron chi connectivity index (χ1n) is 8.23. The number of ether oxygens (including phenoxy) is 2. The molecule has 1 aromatic rings. The van der Waals surface area contributed by atoms with Crippen LogP contribution in [-0.2, 0) is 11.2 Å². The normalized spacial score (nSPS) is 13.9. The summed E-state index contributed by atoms with van der Waals surface area (Å²) in [6.45, 7) is 8.32. The fourth-order valence-corrected chi connectivity index (χ4v) is 2.57. The van der Waals surface area contributed by atoms with E-state index in [2.05, 4.69) is 50.4 Å². The monoisotopic (exact) mass is 293 g/mol. The summed E-state index contributed by atoms with van der Waals surface area (Å²) >= 11 is 0. The van der Waals surface area contributed by atoms with Gasteiger partial charge in [0.2, 0.25) is 0 Å². The van der Waals surface area contributed by atoms with Crippen LogP contribution in [0.5, 0.6) is 5.75 Å². The van der Waals surface area contributed by atoms with E-state index in [-0.39, 0.29) is 6.10 Å². The number of methoxy groups -OCH3 is 1. The lowest BCUT2D eigenvalue weighted by molar-refractivity contribution is 0.143. The van der Waals surface area contributed by atoms with Gasteiger partial charge in [-0.05, 0) is 43.5 Å². The van der Waals surface area contributed by atoms with Gasteiger partial charge in [-0.2, -0.15) is 0 Å². The molecule has 0 aromatic heterocycles. The van der Waals surface area contributed by atoms with E-state index in [0.29, 0.717) is 6.04 Å². The van der Waals surface area contributed by atoms with E-state index in [4.69, 9.17) is 9.47 Å². The largest absolute Gasteiger partial charge is 0.489 e. The molecular formula is C18H31NO2. The third-order valence-electron chi connectivity index (χ3n) is 3.72. The smallest absolute Gasteiger partial charge is 0.119 e. The molecule has 1 N–H and O–H groups in total. The van der Waals surface area contributed by atoms with Gasteiger partial charge in [-0.1, -0.05) is 39.3 Å². The summed E-state index contributed by atoms with van der Waals surface area (Å²) in [6, 6.07) is 8.83. The minimum Gasteiger partial charge on any atom is -0.489 e. The molecule has 3 heteroatoms. The standard InChI is InChI=1S/C18H31NO2/c1-5-8-17(19-7-3)18(6-2)21-16-11-9-15(10-12-16)13-14-20-4/h9-12,17-19H,5-8,13-14H2,1-4H3. The van der Waals surface area contributed by atoms with Crippen molar-refractivity contribution in [3.63, 3.8) is 0 Å². The van der Waals surface area contributed by atoms with Crippen LogP contribution in [0.1, 0.15) is 45.6 Å². The van der Waals surface area contributed by atoms with Crippen LogP contribution in [0.3, 0.4) is 0 Å². The van der Waals surface area contributed by atoms with Gasteiger partial charge in [0.15, 0.2) is 0 Å². The van der Waals surface area contributed by atoms with Crippen LogP contribution >= 0.6 is 0 Å². The number of hydrogen-bond donors (Lipinski definition) is 1. The molecule has 0 amide bonds. The lowest BCUT2D eigenvalue weighted by atomic mass is 10.0. The zero-order valence-electron chi connectivity index (χ0n) is 14.0. The molecule has 0 aliphatic heterocycles. The SMILES string of the molecule is CCCC(NCC)C(CC)Oc1ccc(CCOC)cc1. The fourth-order valence-electron chi connectivity index (χ4n) is 2.57. The van der Waals surface area contributed by atoms with Crippen molar-refractivity contribution in [3.05, 3.63) is 29.8 Å². The maximum atomic E-state index is 6.20. The molecule has 1 rings (SSSR count). The highest BCUT2D eigenvalue weighted by molar-refractivity contribution is 5.27. The molecule has 0 saturated heterocycles. The van der Waals surface area contributed by atoms with Gasteiger partial charge < -0.3 is 14.8 Å². The van der Waals surface area contributed by atoms with Crippen molar-refractivity contribution in [1.82, 2.24) is 5.32 Å². The van der Waals surface area contributed by atoms with E-state index in [1.807, 2.05) is 0 Å². The first-order valence-corrected chi connectivity index (χ1v) is 8.23. The summed E-state index contributed by atoms with van der Waals surface area (Å²) in [5, 5.41) is 3.55. The van der Waals surface area contributed by atoms with E-state index < -0.39 is 0 Å². The Hall–Kier alpha value is -1.06. The Kier molecular flexibility index (Phi) is 9.11. The summed E-state index contributed by atoms with van der Waals surface area (Å²) < 4.78 is 11.3. The van der Waals surface area contributed by atoms with Crippen LogP contribution in [0.2, 0.25) is 0 Å². The van der Waals surface area contributed by atoms with Crippen molar-refractivity contribution in [1.29, 1.82) is 0 Å². The van der Waals surface area contributed by atoms with Gasteiger partial charge in [-0.15, -0.1) is 0 Å². The molecule has 1 aromatic carbocycles. The van der Waals surface area contributed by atoms with Crippen molar-refractivity contribution in [3.8, 4) is 5.75 Å². The summed E-state index contributed by atoms with van der Waals surface area (Å²) in [5.41, 5.74) is 1.29. The predicted molar refractivity (Wildman–Crippen MR) is 89.1 cm³/mol. The van der Waals surface area contributed by atoms with Crippen LogP contribution < -0.4 is 10.1 Å². The van der Waals surface area contributed by atoms with Gasteiger partial charge >= 0.3 is 0 Å². The second-order valence-electron chi connectivity index (χ2n) is 5.40. The number of nitrogens with one attached hydrogen (secondary N) is 1. The highest BCUT2D eigenvalue weighted by Gasteiger charge is 2.19. The average molecular weight is 293 g/mol. The predicted octanol–water partition coefficient (Wildman–Crippen LogP) is 3.81. The van der Waals surface area contributed by atoms with Crippen LogP contribution in [0.15, 0.2) is 24.3 Å². The molecule has 2 atom stereocenters. The molecule has 0 spiro atoms. The minimum absolute atomic E-state index is 0.231. The Bertz CT molecular complexity index is 358.